The van der Waals surface area contributed by atoms with Crippen molar-refractivity contribution >= 4 is 23.3 Å². The van der Waals surface area contributed by atoms with Gasteiger partial charge in [0.05, 0.1) is 6.07 Å². The third-order valence-corrected chi connectivity index (χ3v) is 4.69. The maximum Gasteiger partial charge on any atom is 0.251 e. The SMILES string of the molecule is N#CCCCCC(=O)Nc1ccc(C#Cc2ccc(C(=O)N[C@@H](CN)C(=O)CO)cc2)cc1. The zero-order valence-electron chi connectivity index (χ0n) is 18.1. The standard InChI is InChI=1S/C25H26N4O4/c26-15-3-1-2-4-24(32)28-21-13-9-19(10-14-21)6-5-18-7-11-20(12-8-18)25(33)29-22(16-27)23(31)17-30/h7-14,22,30H,1-4,16-17,27H2,(H,28,32)(H,29,33)/t22-/m0/s1. The predicted octanol–water partition coefficient (Wildman–Crippen LogP) is 1.73. The molecule has 2 rings (SSSR count). The summed E-state index contributed by atoms with van der Waals surface area (Å²) in [6.45, 7) is -0.785. The molecule has 0 heterocycles. The van der Waals surface area contributed by atoms with Gasteiger partial charge in [0, 0.05) is 41.8 Å². The zero-order valence-corrected chi connectivity index (χ0v) is 18.1. The van der Waals surface area contributed by atoms with Crippen LogP contribution in [0, 0.1) is 23.2 Å². The topological polar surface area (TPSA) is 145 Å². The molecule has 1 atom stereocenters. The van der Waals surface area contributed by atoms with Crippen LogP contribution in [-0.2, 0) is 9.59 Å². The van der Waals surface area contributed by atoms with E-state index in [1.807, 2.05) is 0 Å². The number of nitriles is 1. The van der Waals surface area contributed by atoms with Crippen molar-refractivity contribution in [3.05, 3.63) is 65.2 Å². The number of nitrogens with two attached hydrogens (primary N) is 1. The maximum absolute atomic E-state index is 12.2. The van der Waals surface area contributed by atoms with Gasteiger partial charge in [-0.25, -0.2) is 0 Å². The van der Waals surface area contributed by atoms with Crippen molar-refractivity contribution in [2.75, 3.05) is 18.5 Å². The molecule has 0 aliphatic carbocycles. The summed E-state index contributed by atoms with van der Waals surface area (Å²) in [5.74, 6) is 4.92. The van der Waals surface area contributed by atoms with Crippen molar-refractivity contribution in [1.82, 2.24) is 5.32 Å². The molecular weight excluding hydrogens is 420 g/mol. The lowest BCUT2D eigenvalue weighted by Gasteiger charge is -2.14. The number of rotatable bonds is 10. The van der Waals surface area contributed by atoms with Crippen molar-refractivity contribution in [2.24, 2.45) is 5.73 Å². The fraction of sp³-hybridized carbons (Fsp3) is 0.280. The molecule has 0 unspecified atom stereocenters. The van der Waals surface area contributed by atoms with Gasteiger partial charge >= 0.3 is 0 Å². The fourth-order valence-corrected chi connectivity index (χ4v) is 2.82. The van der Waals surface area contributed by atoms with Gasteiger partial charge in [-0.1, -0.05) is 11.8 Å². The van der Waals surface area contributed by atoms with Crippen molar-refractivity contribution in [3.63, 3.8) is 0 Å². The number of aliphatic hydroxyl groups is 1. The number of nitrogens with zero attached hydrogens (tertiary/aromatic N) is 1. The Labute approximate surface area is 192 Å². The number of anilines is 1. The fourth-order valence-electron chi connectivity index (χ4n) is 2.82. The molecule has 5 N–H and O–H groups in total. The Morgan fingerprint density at radius 1 is 0.970 bits per heavy atom. The number of hydrogen-bond donors (Lipinski definition) is 4. The Balaban J connectivity index is 1.92. The van der Waals surface area contributed by atoms with E-state index >= 15 is 0 Å². The summed E-state index contributed by atoms with van der Waals surface area (Å²) >= 11 is 0. The summed E-state index contributed by atoms with van der Waals surface area (Å²) < 4.78 is 0. The van der Waals surface area contributed by atoms with E-state index < -0.39 is 24.3 Å². The number of hydrogen-bond acceptors (Lipinski definition) is 6. The number of carbonyl (C=O) groups excluding carboxylic acids is 3. The highest BCUT2D eigenvalue weighted by Crippen LogP contribution is 2.11. The first-order valence-electron chi connectivity index (χ1n) is 10.5. The first kappa shape index (κ1) is 25.3. The van der Waals surface area contributed by atoms with Crippen molar-refractivity contribution in [1.29, 1.82) is 5.26 Å². The predicted molar refractivity (Wildman–Crippen MR) is 124 cm³/mol. The molecule has 2 amide bonds. The molecule has 8 heteroatoms. The van der Waals surface area contributed by atoms with Crippen LogP contribution in [0.5, 0.6) is 0 Å². The Kier molecular flexibility index (Phi) is 10.3. The normalized spacial score (nSPS) is 10.8. The summed E-state index contributed by atoms with van der Waals surface area (Å²) in [5, 5.41) is 22.7. The molecule has 2 aromatic rings. The minimum atomic E-state index is -0.932. The van der Waals surface area contributed by atoms with Crippen molar-refractivity contribution < 1.29 is 19.5 Å². The first-order valence-corrected chi connectivity index (χ1v) is 10.5. The van der Waals surface area contributed by atoms with Gasteiger partial charge in [-0.3, -0.25) is 14.4 Å². The molecule has 2 aromatic carbocycles. The average molecular weight is 447 g/mol. The summed E-state index contributed by atoms with van der Waals surface area (Å²) in [6, 6.07) is 14.8. The largest absolute Gasteiger partial charge is 0.388 e. The molecule has 33 heavy (non-hydrogen) atoms. The second kappa shape index (κ2) is 13.4. The third-order valence-electron chi connectivity index (χ3n) is 4.69. The first-order chi connectivity index (χ1) is 16.0. The molecule has 170 valence electrons. The van der Waals surface area contributed by atoms with Crippen LogP contribution in [-0.4, -0.2) is 41.9 Å². The van der Waals surface area contributed by atoms with Gasteiger partial charge in [0.15, 0.2) is 5.78 Å². The number of amides is 2. The quantitative estimate of drug-likeness (QED) is 0.323. The smallest absolute Gasteiger partial charge is 0.251 e. The monoisotopic (exact) mass is 446 g/mol. The van der Waals surface area contributed by atoms with Crippen LogP contribution in [0.1, 0.15) is 47.2 Å². The van der Waals surface area contributed by atoms with Crippen LogP contribution in [0.15, 0.2) is 48.5 Å². The van der Waals surface area contributed by atoms with Crippen molar-refractivity contribution in [3.8, 4) is 17.9 Å². The lowest BCUT2D eigenvalue weighted by Crippen LogP contribution is -2.46. The molecular formula is C25H26N4O4. The highest BCUT2D eigenvalue weighted by atomic mass is 16.3. The maximum atomic E-state index is 12.2. The number of ketones is 1. The Morgan fingerprint density at radius 2 is 1.58 bits per heavy atom. The van der Waals surface area contributed by atoms with Gasteiger partial charge in [0.2, 0.25) is 5.91 Å². The van der Waals surface area contributed by atoms with Crippen LogP contribution in [0.4, 0.5) is 5.69 Å². The summed E-state index contributed by atoms with van der Waals surface area (Å²) in [4.78, 5) is 35.7. The molecule has 0 saturated carbocycles. The Hall–Kier alpha value is -3.98. The summed E-state index contributed by atoms with van der Waals surface area (Å²) in [7, 11) is 0. The van der Waals surface area contributed by atoms with Crippen LogP contribution < -0.4 is 16.4 Å². The van der Waals surface area contributed by atoms with Crippen LogP contribution in [0.2, 0.25) is 0 Å². The Bertz CT molecular complexity index is 1060. The number of unbranched alkanes of at least 4 members (excludes halogenated alkanes) is 2. The summed E-state index contributed by atoms with van der Waals surface area (Å²) in [5.41, 5.74) is 7.94. The van der Waals surface area contributed by atoms with Gasteiger partial charge in [0.25, 0.3) is 5.91 Å². The van der Waals surface area contributed by atoms with E-state index in [1.54, 1.807) is 48.5 Å². The van der Waals surface area contributed by atoms with E-state index in [1.165, 1.54) is 0 Å². The number of carbonyl (C=O) groups is 3. The number of Topliss-reactive ketones (excluding diaryl/α,β-unsaturated/α-hetero) is 1. The van der Waals surface area contributed by atoms with E-state index in [0.29, 0.717) is 42.5 Å². The highest BCUT2D eigenvalue weighted by molar-refractivity contribution is 5.98. The van der Waals surface area contributed by atoms with E-state index in [4.69, 9.17) is 16.1 Å². The minimum absolute atomic E-state index is 0.0885. The van der Waals surface area contributed by atoms with E-state index in [2.05, 4.69) is 28.5 Å². The van der Waals surface area contributed by atoms with Crippen LogP contribution in [0.3, 0.4) is 0 Å². The van der Waals surface area contributed by atoms with E-state index in [9.17, 15) is 14.4 Å². The van der Waals surface area contributed by atoms with Gasteiger partial charge in [0.1, 0.15) is 12.6 Å². The van der Waals surface area contributed by atoms with E-state index in [-0.39, 0.29) is 12.5 Å². The van der Waals surface area contributed by atoms with Gasteiger partial charge in [-0.15, -0.1) is 0 Å². The van der Waals surface area contributed by atoms with Crippen molar-refractivity contribution in [2.45, 2.75) is 31.7 Å². The molecule has 8 nitrogen and oxygen atoms in total. The molecule has 0 bridgehead atoms. The third kappa shape index (κ3) is 8.58. The van der Waals surface area contributed by atoms with Crippen LogP contribution >= 0.6 is 0 Å². The second-order valence-corrected chi connectivity index (χ2v) is 7.20. The Morgan fingerprint density at radius 3 is 2.12 bits per heavy atom. The molecule has 0 aromatic heterocycles. The lowest BCUT2D eigenvalue weighted by molar-refractivity contribution is -0.123. The number of nitrogens with one attached hydrogen (secondary N) is 2. The summed E-state index contributed by atoms with van der Waals surface area (Å²) in [6.07, 6.45) is 2.22. The van der Waals surface area contributed by atoms with Gasteiger partial charge in [-0.05, 0) is 61.4 Å². The van der Waals surface area contributed by atoms with Crippen LogP contribution in [0.25, 0.3) is 0 Å². The lowest BCUT2D eigenvalue weighted by atomic mass is 10.1. The number of aliphatic hydroxyl groups excluding tert-OH is 1. The molecule has 0 saturated heterocycles. The highest BCUT2D eigenvalue weighted by Gasteiger charge is 2.18. The molecule has 0 aliphatic heterocycles. The van der Waals surface area contributed by atoms with Gasteiger partial charge in [-0.2, -0.15) is 5.26 Å². The average Bonchev–Trinajstić information content (AvgIpc) is 2.84. The minimum Gasteiger partial charge on any atom is -0.388 e. The van der Waals surface area contributed by atoms with Gasteiger partial charge < -0.3 is 21.5 Å². The molecule has 0 aliphatic rings. The molecule has 0 spiro atoms. The molecule has 0 radical (unpaired) electrons. The molecule has 0 fully saturated rings. The van der Waals surface area contributed by atoms with E-state index in [0.717, 1.165) is 5.56 Å². The second-order valence-electron chi connectivity index (χ2n) is 7.20. The zero-order chi connectivity index (χ0) is 24.1. The number of benzene rings is 2.